The number of thioether (sulfide) groups is 1. The van der Waals surface area contributed by atoms with Crippen LogP contribution in [0.2, 0.25) is 0 Å². The summed E-state index contributed by atoms with van der Waals surface area (Å²) < 4.78 is 6.04. The molecular weight excluding hydrogens is 378 g/mol. The highest BCUT2D eigenvalue weighted by Gasteiger charge is 2.31. The number of hydrogen-bond acceptors (Lipinski definition) is 6. The third-order valence-corrected chi connectivity index (χ3v) is 5.89. The summed E-state index contributed by atoms with van der Waals surface area (Å²) in [7, 11) is 0. The second kappa shape index (κ2) is 7.80. The van der Waals surface area contributed by atoms with Gasteiger partial charge in [-0.25, -0.2) is 4.98 Å². The van der Waals surface area contributed by atoms with Crippen LogP contribution in [0.1, 0.15) is 5.56 Å². The average molecular weight is 398 g/mol. The van der Waals surface area contributed by atoms with Crippen molar-refractivity contribution in [2.75, 3.05) is 37.7 Å². The molecule has 2 aliphatic heterocycles. The topological polar surface area (TPSA) is 45.7 Å². The zero-order chi connectivity index (χ0) is 18.8. The smallest absolute Gasteiger partial charge is 0.266 e. The second-order valence-electron chi connectivity index (χ2n) is 6.27. The number of thiocarbonyl (C=S) groups is 1. The number of amides is 1. The van der Waals surface area contributed by atoms with Crippen molar-refractivity contribution in [1.82, 2.24) is 9.88 Å². The molecule has 1 aromatic carbocycles. The maximum absolute atomic E-state index is 12.7. The van der Waals surface area contributed by atoms with Crippen molar-refractivity contribution in [3.8, 4) is 0 Å². The van der Waals surface area contributed by atoms with E-state index in [9.17, 15) is 4.79 Å². The molecule has 0 aliphatic carbocycles. The van der Waals surface area contributed by atoms with E-state index in [0.717, 1.165) is 35.4 Å². The van der Waals surface area contributed by atoms with Gasteiger partial charge in [-0.3, -0.25) is 9.69 Å². The van der Waals surface area contributed by atoms with Gasteiger partial charge >= 0.3 is 0 Å². The van der Waals surface area contributed by atoms with Crippen LogP contribution < -0.4 is 4.90 Å². The summed E-state index contributed by atoms with van der Waals surface area (Å²) in [5.74, 6) is 0.803. The molecule has 0 spiro atoms. The second-order valence-corrected chi connectivity index (χ2v) is 7.95. The molecule has 2 saturated heterocycles. The fourth-order valence-electron chi connectivity index (χ4n) is 3.18. The van der Waals surface area contributed by atoms with Crippen molar-refractivity contribution in [3.63, 3.8) is 0 Å². The van der Waals surface area contributed by atoms with Gasteiger partial charge in [-0.05, 0) is 18.2 Å². The van der Waals surface area contributed by atoms with Crippen molar-refractivity contribution in [3.05, 3.63) is 53.5 Å². The molecule has 7 heteroatoms. The van der Waals surface area contributed by atoms with Crippen LogP contribution in [0.15, 0.2) is 47.9 Å². The number of aromatic nitrogens is 1. The number of para-hydroxylation sites is 1. The first kappa shape index (κ1) is 18.2. The molecular formula is C20H19N3O2S2. The fourth-order valence-corrected chi connectivity index (χ4v) is 4.45. The maximum atomic E-state index is 12.7. The Balaban J connectivity index is 1.78. The van der Waals surface area contributed by atoms with Gasteiger partial charge in [-0.15, -0.1) is 6.58 Å². The Kier molecular flexibility index (Phi) is 5.24. The lowest BCUT2D eigenvalue weighted by Gasteiger charge is -2.29. The normalized spacial score (nSPS) is 19.3. The number of morpholine rings is 1. The maximum Gasteiger partial charge on any atom is 0.266 e. The summed E-state index contributed by atoms with van der Waals surface area (Å²) in [5.41, 5.74) is 1.87. The van der Waals surface area contributed by atoms with Gasteiger partial charge in [0.15, 0.2) is 0 Å². The first-order valence-corrected chi connectivity index (χ1v) is 9.98. The monoisotopic (exact) mass is 397 g/mol. The van der Waals surface area contributed by atoms with Gasteiger partial charge < -0.3 is 9.64 Å². The minimum Gasteiger partial charge on any atom is -0.378 e. The molecule has 27 heavy (non-hydrogen) atoms. The molecule has 5 nitrogen and oxygen atoms in total. The first-order valence-electron chi connectivity index (χ1n) is 8.76. The summed E-state index contributed by atoms with van der Waals surface area (Å²) in [6.07, 6.45) is 3.59. The molecule has 1 amide bonds. The van der Waals surface area contributed by atoms with Crippen LogP contribution in [-0.2, 0) is 9.53 Å². The highest BCUT2D eigenvalue weighted by molar-refractivity contribution is 8.26. The van der Waals surface area contributed by atoms with Gasteiger partial charge in [0, 0.05) is 30.6 Å². The number of ether oxygens (including phenoxy) is 1. The van der Waals surface area contributed by atoms with Crippen LogP contribution in [0, 0.1) is 0 Å². The Morgan fingerprint density at radius 1 is 1.30 bits per heavy atom. The third-order valence-electron chi connectivity index (χ3n) is 4.51. The number of carbonyl (C=O) groups excluding carboxylic acids is 1. The van der Waals surface area contributed by atoms with Crippen molar-refractivity contribution < 1.29 is 9.53 Å². The van der Waals surface area contributed by atoms with E-state index in [-0.39, 0.29) is 5.91 Å². The molecule has 0 bridgehead atoms. The largest absolute Gasteiger partial charge is 0.378 e. The zero-order valence-electron chi connectivity index (χ0n) is 14.8. The standard InChI is InChI=1S/C20H19N3O2S2/c1-2-7-23-19(24)17(27-20(23)26)13-15-12-14-5-3-4-6-16(14)21-18(15)22-8-10-25-11-9-22/h2-6,12-13H,1,7-11H2. The summed E-state index contributed by atoms with van der Waals surface area (Å²) >= 11 is 6.68. The quantitative estimate of drug-likeness (QED) is 0.447. The van der Waals surface area contributed by atoms with Gasteiger partial charge in [-0.1, -0.05) is 48.3 Å². The highest BCUT2D eigenvalue weighted by Crippen LogP contribution is 2.35. The van der Waals surface area contributed by atoms with Crippen LogP contribution >= 0.6 is 24.0 Å². The van der Waals surface area contributed by atoms with Gasteiger partial charge in [0.1, 0.15) is 10.1 Å². The molecule has 0 unspecified atom stereocenters. The van der Waals surface area contributed by atoms with Crippen LogP contribution in [0.25, 0.3) is 17.0 Å². The Hall–Kier alpha value is -2.22. The van der Waals surface area contributed by atoms with Crippen LogP contribution in [0.5, 0.6) is 0 Å². The number of pyridine rings is 1. The Bertz CT molecular complexity index is 951. The number of nitrogens with zero attached hydrogens (tertiary/aromatic N) is 3. The molecule has 0 saturated carbocycles. The van der Waals surface area contributed by atoms with Gasteiger partial charge in [0.05, 0.1) is 23.6 Å². The molecule has 138 valence electrons. The minimum atomic E-state index is -0.0778. The Morgan fingerprint density at radius 3 is 2.85 bits per heavy atom. The van der Waals surface area contributed by atoms with Gasteiger partial charge in [0.2, 0.25) is 0 Å². The molecule has 4 rings (SSSR count). The van der Waals surface area contributed by atoms with Crippen molar-refractivity contribution >= 4 is 57.0 Å². The number of benzene rings is 1. The highest BCUT2D eigenvalue weighted by atomic mass is 32.2. The zero-order valence-corrected chi connectivity index (χ0v) is 16.4. The molecule has 1 aromatic heterocycles. The van der Waals surface area contributed by atoms with Crippen molar-refractivity contribution in [2.24, 2.45) is 0 Å². The lowest BCUT2D eigenvalue weighted by molar-refractivity contribution is -0.121. The Labute approximate surface area is 167 Å². The molecule has 2 fully saturated rings. The average Bonchev–Trinajstić information content (AvgIpc) is 2.96. The summed E-state index contributed by atoms with van der Waals surface area (Å²) in [6.45, 7) is 7.04. The van der Waals surface area contributed by atoms with Crippen LogP contribution in [0.4, 0.5) is 5.82 Å². The number of fused-ring (bicyclic) bond motifs is 1. The molecule has 0 N–H and O–H groups in total. The van der Waals surface area contributed by atoms with Crippen molar-refractivity contribution in [1.29, 1.82) is 0 Å². The fraction of sp³-hybridized carbons (Fsp3) is 0.250. The molecule has 2 aromatic rings. The Morgan fingerprint density at radius 2 is 2.07 bits per heavy atom. The van der Waals surface area contributed by atoms with Crippen LogP contribution in [-0.4, -0.2) is 53.0 Å². The van der Waals surface area contributed by atoms with Crippen molar-refractivity contribution in [2.45, 2.75) is 0 Å². The van der Waals surface area contributed by atoms with E-state index in [1.54, 1.807) is 11.0 Å². The molecule has 3 heterocycles. The number of anilines is 1. The van der Waals surface area contributed by atoms with E-state index >= 15 is 0 Å². The molecule has 2 aliphatic rings. The SMILES string of the molecule is C=CCN1C(=O)C(=Cc2cc3ccccc3nc2N2CCOCC2)SC1=S. The van der Waals surface area contributed by atoms with E-state index < -0.39 is 0 Å². The van der Waals surface area contributed by atoms with Gasteiger partial charge in [-0.2, -0.15) is 0 Å². The van der Waals surface area contributed by atoms with E-state index in [1.165, 1.54) is 11.8 Å². The number of carbonyl (C=O) groups is 1. The van der Waals surface area contributed by atoms with E-state index in [4.69, 9.17) is 21.9 Å². The van der Waals surface area contributed by atoms with Crippen LogP contribution in [0.3, 0.4) is 0 Å². The molecule has 0 atom stereocenters. The van der Waals surface area contributed by atoms with Gasteiger partial charge in [0.25, 0.3) is 5.91 Å². The van der Waals surface area contributed by atoms with E-state index in [2.05, 4.69) is 17.5 Å². The lowest BCUT2D eigenvalue weighted by atomic mass is 10.1. The molecule has 0 radical (unpaired) electrons. The van der Waals surface area contributed by atoms with E-state index in [1.807, 2.05) is 30.3 Å². The predicted octanol–water partition coefficient (Wildman–Crippen LogP) is 3.46. The lowest BCUT2D eigenvalue weighted by Crippen LogP contribution is -2.37. The summed E-state index contributed by atoms with van der Waals surface area (Å²) in [4.78, 5) is 22.0. The summed E-state index contributed by atoms with van der Waals surface area (Å²) in [6, 6.07) is 10.1. The number of hydrogen-bond donors (Lipinski definition) is 0. The third kappa shape index (κ3) is 3.63. The first-order chi connectivity index (χ1) is 13.2. The van der Waals surface area contributed by atoms with E-state index in [0.29, 0.717) is 29.0 Å². The minimum absolute atomic E-state index is 0.0778. The predicted molar refractivity (Wildman–Crippen MR) is 115 cm³/mol. The number of rotatable bonds is 4. The summed E-state index contributed by atoms with van der Waals surface area (Å²) in [5, 5.41) is 1.04.